The van der Waals surface area contributed by atoms with Crippen LogP contribution in [-0.4, -0.2) is 53.8 Å². The van der Waals surface area contributed by atoms with Crippen LogP contribution in [0.25, 0.3) is 11.4 Å². The molecule has 0 amide bonds. The van der Waals surface area contributed by atoms with Crippen molar-refractivity contribution in [3.05, 3.63) is 46.1 Å². The summed E-state index contributed by atoms with van der Waals surface area (Å²) in [5.74, 6) is 0.914. The Labute approximate surface area is 175 Å². The number of ether oxygens (including phenoxy) is 2. The summed E-state index contributed by atoms with van der Waals surface area (Å²) in [5, 5.41) is 10.9. The highest BCUT2D eigenvalue weighted by atomic mass is 16.6. The van der Waals surface area contributed by atoms with Crippen molar-refractivity contribution in [2.75, 3.05) is 31.7 Å². The Bertz CT molecular complexity index is 881. The SMILES string of the molecule is CCc1cc(N(CCC(=O)OC)CC2CCCO2)nc(-c2ccc([N+](=O)[O-])cc2)n1. The van der Waals surface area contributed by atoms with E-state index >= 15 is 0 Å². The van der Waals surface area contributed by atoms with Gasteiger partial charge in [0, 0.05) is 49.2 Å². The first kappa shape index (κ1) is 21.6. The molecule has 1 aromatic heterocycles. The zero-order valence-corrected chi connectivity index (χ0v) is 17.2. The molecule has 0 N–H and O–H groups in total. The molecule has 1 unspecified atom stereocenters. The van der Waals surface area contributed by atoms with Gasteiger partial charge >= 0.3 is 5.97 Å². The van der Waals surface area contributed by atoms with Gasteiger partial charge in [-0.25, -0.2) is 9.97 Å². The molecule has 1 aliphatic heterocycles. The first-order valence-electron chi connectivity index (χ1n) is 10.1. The number of esters is 1. The van der Waals surface area contributed by atoms with E-state index in [-0.39, 0.29) is 24.2 Å². The van der Waals surface area contributed by atoms with Crippen LogP contribution in [0.4, 0.5) is 11.5 Å². The fraction of sp³-hybridized carbons (Fsp3) is 0.476. The maximum absolute atomic E-state index is 11.7. The number of benzene rings is 1. The second-order valence-corrected chi connectivity index (χ2v) is 7.11. The summed E-state index contributed by atoms with van der Waals surface area (Å²) in [7, 11) is 1.37. The van der Waals surface area contributed by atoms with Gasteiger partial charge in [-0.05, 0) is 31.4 Å². The Morgan fingerprint density at radius 2 is 2.10 bits per heavy atom. The van der Waals surface area contributed by atoms with E-state index < -0.39 is 4.92 Å². The molecule has 0 bridgehead atoms. The predicted octanol–water partition coefficient (Wildman–Crippen LogP) is 3.16. The first-order valence-corrected chi connectivity index (χ1v) is 10.1. The third-order valence-electron chi connectivity index (χ3n) is 5.05. The van der Waals surface area contributed by atoms with E-state index in [2.05, 4.69) is 4.98 Å². The summed E-state index contributed by atoms with van der Waals surface area (Å²) >= 11 is 0. The van der Waals surface area contributed by atoms with E-state index in [0.29, 0.717) is 36.7 Å². The number of aryl methyl sites for hydroxylation is 1. The molecule has 9 heteroatoms. The summed E-state index contributed by atoms with van der Waals surface area (Å²) < 4.78 is 10.6. The lowest BCUT2D eigenvalue weighted by Crippen LogP contribution is -2.35. The van der Waals surface area contributed by atoms with E-state index in [1.807, 2.05) is 17.9 Å². The van der Waals surface area contributed by atoms with Gasteiger partial charge < -0.3 is 14.4 Å². The number of rotatable bonds is 9. The lowest BCUT2D eigenvalue weighted by molar-refractivity contribution is -0.384. The van der Waals surface area contributed by atoms with Crippen LogP contribution >= 0.6 is 0 Å². The molecule has 1 aromatic carbocycles. The number of non-ortho nitro benzene ring substituents is 1. The Balaban J connectivity index is 1.91. The van der Waals surface area contributed by atoms with Crippen LogP contribution in [0.3, 0.4) is 0 Å². The first-order chi connectivity index (χ1) is 14.5. The topological polar surface area (TPSA) is 108 Å². The molecule has 2 heterocycles. The van der Waals surface area contributed by atoms with Gasteiger partial charge in [-0.1, -0.05) is 6.92 Å². The van der Waals surface area contributed by atoms with Gasteiger partial charge in [-0.2, -0.15) is 0 Å². The smallest absolute Gasteiger partial charge is 0.307 e. The standard InChI is InChI=1S/C21H26N4O5/c1-3-16-13-19(23-21(22-16)15-6-8-17(9-7-15)25(27)28)24(11-10-20(26)29-2)14-18-5-4-12-30-18/h6-9,13,18H,3-5,10-12,14H2,1-2H3. The molecule has 0 radical (unpaired) electrons. The number of hydrogen-bond donors (Lipinski definition) is 0. The van der Waals surface area contributed by atoms with Crippen LogP contribution in [0.1, 0.15) is 31.9 Å². The molecule has 1 fully saturated rings. The van der Waals surface area contributed by atoms with Crippen LogP contribution in [0.2, 0.25) is 0 Å². The fourth-order valence-corrected chi connectivity index (χ4v) is 3.35. The lowest BCUT2D eigenvalue weighted by Gasteiger charge is -2.26. The molecule has 160 valence electrons. The number of hydrogen-bond acceptors (Lipinski definition) is 8. The molecule has 3 rings (SSSR count). The third kappa shape index (κ3) is 5.50. The largest absolute Gasteiger partial charge is 0.469 e. The fourth-order valence-electron chi connectivity index (χ4n) is 3.35. The van der Waals surface area contributed by atoms with Crippen molar-refractivity contribution in [2.45, 2.75) is 38.7 Å². The van der Waals surface area contributed by atoms with Gasteiger partial charge in [0.15, 0.2) is 5.82 Å². The highest BCUT2D eigenvalue weighted by Crippen LogP contribution is 2.24. The van der Waals surface area contributed by atoms with Crippen LogP contribution in [-0.2, 0) is 20.7 Å². The van der Waals surface area contributed by atoms with E-state index in [1.165, 1.54) is 19.2 Å². The van der Waals surface area contributed by atoms with Crippen LogP contribution in [0, 0.1) is 10.1 Å². The Morgan fingerprint density at radius 1 is 1.33 bits per heavy atom. The zero-order valence-electron chi connectivity index (χ0n) is 17.2. The van der Waals surface area contributed by atoms with Crippen LogP contribution in [0.5, 0.6) is 0 Å². The molecule has 0 saturated carbocycles. The van der Waals surface area contributed by atoms with E-state index in [0.717, 1.165) is 25.1 Å². The minimum Gasteiger partial charge on any atom is -0.469 e. The van der Waals surface area contributed by atoms with E-state index in [1.54, 1.807) is 12.1 Å². The summed E-state index contributed by atoms with van der Waals surface area (Å²) in [5.41, 5.74) is 1.56. The summed E-state index contributed by atoms with van der Waals surface area (Å²) in [6, 6.07) is 8.10. The van der Waals surface area contributed by atoms with Crippen molar-refractivity contribution < 1.29 is 19.2 Å². The van der Waals surface area contributed by atoms with Gasteiger partial charge in [-0.15, -0.1) is 0 Å². The predicted molar refractivity (Wildman–Crippen MR) is 111 cm³/mol. The zero-order chi connectivity index (χ0) is 21.5. The number of methoxy groups -OCH3 is 1. The minimum atomic E-state index is -0.436. The number of carbonyl (C=O) groups excluding carboxylic acids is 1. The normalized spacial score (nSPS) is 15.7. The van der Waals surface area contributed by atoms with Crippen LogP contribution in [0.15, 0.2) is 30.3 Å². The van der Waals surface area contributed by atoms with Crippen molar-refractivity contribution in [3.63, 3.8) is 0 Å². The van der Waals surface area contributed by atoms with Crippen molar-refractivity contribution >= 4 is 17.5 Å². The number of anilines is 1. The number of nitro groups is 1. The van der Waals surface area contributed by atoms with Crippen molar-refractivity contribution in [3.8, 4) is 11.4 Å². The van der Waals surface area contributed by atoms with Crippen LogP contribution < -0.4 is 4.90 Å². The second kappa shape index (κ2) is 10.1. The Hall–Kier alpha value is -3.07. The maximum atomic E-state index is 11.7. The van der Waals surface area contributed by atoms with Crippen molar-refractivity contribution in [2.24, 2.45) is 0 Å². The van der Waals surface area contributed by atoms with Crippen molar-refractivity contribution in [1.29, 1.82) is 0 Å². The van der Waals surface area contributed by atoms with E-state index in [9.17, 15) is 14.9 Å². The van der Waals surface area contributed by atoms with Crippen molar-refractivity contribution in [1.82, 2.24) is 9.97 Å². The average molecular weight is 414 g/mol. The molecule has 1 atom stereocenters. The Kier molecular flexibility index (Phi) is 7.29. The molecule has 2 aromatic rings. The number of carbonyl (C=O) groups is 1. The molecule has 1 aliphatic rings. The minimum absolute atomic E-state index is 0.0173. The Morgan fingerprint density at radius 3 is 2.70 bits per heavy atom. The summed E-state index contributed by atoms with van der Waals surface area (Å²) in [6.07, 6.45) is 3.02. The lowest BCUT2D eigenvalue weighted by atomic mass is 10.1. The molecular weight excluding hydrogens is 388 g/mol. The number of aromatic nitrogens is 2. The second-order valence-electron chi connectivity index (χ2n) is 7.11. The van der Waals surface area contributed by atoms with Gasteiger partial charge in [0.25, 0.3) is 5.69 Å². The number of nitro benzene ring substituents is 1. The molecule has 9 nitrogen and oxygen atoms in total. The monoisotopic (exact) mass is 414 g/mol. The molecular formula is C21H26N4O5. The highest BCUT2D eigenvalue weighted by molar-refractivity contribution is 5.70. The van der Waals surface area contributed by atoms with Gasteiger partial charge in [-0.3, -0.25) is 14.9 Å². The molecule has 30 heavy (non-hydrogen) atoms. The molecule has 0 spiro atoms. The quantitative estimate of drug-likeness (QED) is 0.350. The third-order valence-corrected chi connectivity index (χ3v) is 5.05. The summed E-state index contributed by atoms with van der Waals surface area (Å²) in [6.45, 7) is 3.82. The molecule has 0 aliphatic carbocycles. The van der Waals surface area contributed by atoms with E-state index in [4.69, 9.17) is 14.5 Å². The highest BCUT2D eigenvalue weighted by Gasteiger charge is 2.22. The maximum Gasteiger partial charge on any atom is 0.307 e. The van der Waals surface area contributed by atoms with Gasteiger partial charge in [0.1, 0.15) is 5.82 Å². The average Bonchev–Trinajstić information content (AvgIpc) is 3.29. The van der Waals surface area contributed by atoms with Gasteiger partial charge in [0.05, 0.1) is 24.6 Å². The number of nitrogens with zero attached hydrogens (tertiary/aromatic N) is 4. The molecule has 1 saturated heterocycles. The van der Waals surface area contributed by atoms with Gasteiger partial charge in [0.2, 0.25) is 0 Å². The summed E-state index contributed by atoms with van der Waals surface area (Å²) in [4.78, 5) is 33.5.